The fourth-order valence-electron chi connectivity index (χ4n) is 1.92. The SMILES string of the molecule is CCCCC(CCOC)C(=O)N1CCSC1=S. The summed E-state index contributed by atoms with van der Waals surface area (Å²) in [6, 6.07) is 0. The van der Waals surface area contributed by atoms with Gasteiger partial charge in [-0.25, -0.2) is 0 Å². The number of rotatable bonds is 7. The first-order valence-corrected chi connectivity index (χ1v) is 7.57. The number of carbonyl (C=O) groups excluding carboxylic acids is 1. The third-order valence-corrected chi connectivity index (χ3v) is 4.38. The van der Waals surface area contributed by atoms with Gasteiger partial charge in [-0.15, -0.1) is 0 Å². The van der Waals surface area contributed by atoms with E-state index in [0.717, 1.165) is 42.3 Å². The Hall–Kier alpha value is -0.130. The number of hydrogen-bond donors (Lipinski definition) is 0. The van der Waals surface area contributed by atoms with Crippen molar-refractivity contribution >= 4 is 34.2 Å². The molecule has 1 amide bonds. The van der Waals surface area contributed by atoms with Crippen LogP contribution in [0.1, 0.15) is 32.6 Å². The second-order valence-corrected chi connectivity index (χ2v) is 5.95. The van der Waals surface area contributed by atoms with E-state index in [1.54, 1.807) is 23.8 Å². The monoisotopic (exact) mass is 275 g/mol. The van der Waals surface area contributed by atoms with Gasteiger partial charge in [0, 0.05) is 31.9 Å². The van der Waals surface area contributed by atoms with Crippen LogP contribution in [-0.2, 0) is 9.53 Å². The lowest BCUT2D eigenvalue weighted by Gasteiger charge is -2.22. The van der Waals surface area contributed by atoms with Gasteiger partial charge in [-0.1, -0.05) is 43.7 Å². The van der Waals surface area contributed by atoms with Crippen LogP contribution in [0.3, 0.4) is 0 Å². The number of unbranched alkanes of at least 4 members (excludes halogenated alkanes) is 1. The molecule has 1 saturated heterocycles. The van der Waals surface area contributed by atoms with Crippen LogP contribution in [0.25, 0.3) is 0 Å². The predicted octanol–water partition coefficient (Wildman–Crippen LogP) is 2.69. The molecule has 17 heavy (non-hydrogen) atoms. The number of hydrogen-bond acceptors (Lipinski definition) is 4. The Morgan fingerprint density at radius 2 is 2.35 bits per heavy atom. The highest BCUT2D eigenvalue weighted by molar-refractivity contribution is 8.23. The average molecular weight is 275 g/mol. The van der Waals surface area contributed by atoms with E-state index < -0.39 is 0 Å². The van der Waals surface area contributed by atoms with Crippen LogP contribution in [0, 0.1) is 5.92 Å². The van der Waals surface area contributed by atoms with Gasteiger partial charge in [0.05, 0.1) is 0 Å². The Morgan fingerprint density at radius 3 is 2.88 bits per heavy atom. The van der Waals surface area contributed by atoms with Gasteiger partial charge in [0.1, 0.15) is 4.32 Å². The number of amides is 1. The first-order valence-electron chi connectivity index (χ1n) is 6.17. The number of ether oxygens (including phenoxy) is 1. The zero-order chi connectivity index (χ0) is 12.7. The van der Waals surface area contributed by atoms with E-state index in [9.17, 15) is 4.79 Å². The van der Waals surface area contributed by atoms with Gasteiger partial charge in [0.25, 0.3) is 0 Å². The van der Waals surface area contributed by atoms with Crippen molar-refractivity contribution in [3.05, 3.63) is 0 Å². The summed E-state index contributed by atoms with van der Waals surface area (Å²) in [4.78, 5) is 14.1. The van der Waals surface area contributed by atoms with Crippen molar-refractivity contribution in [3.63, 3.8) is 0 Å². The number of methoxy groups -OCH3 is 1. The minimum atomic E-state index is 0.0755. The Kier molecular flexibility index (Phi) is 7.08. The third kappa shape index (κ3) is 4.56. The molecular formula is C12H21NO2S2. The average Bonchev–Trinajstić information content (AvgIpc) is 2.75. The van der Waals surface area contributed by atoms with E-state index in [4.69, 9.17) is 17.0 Å². The summed E-state index contributed by atoms with van der Waals surface area (Å²) >= 11 is 6.80. The summed E-state index contributed by atoms with van der Waals surface area (Å²) in [5.41, 5.74) is 0. The van der Waals surface area contributed by atoms with Crippen molar-refractivity contribution < 1.29 is 9.53 Å². The summed E-state index contributed by atoms with van der Waals surface area (Å²) in [5.74, 6) is 1.21. The maximum absolute atomic E-state index is 12.3. The largest absolute Gasteiger partial charge is 0.385 e. The summed E-state index contributed by atoms with van der Waals surface area (Å²) in [6.45, 7) is 3.57. The standard InChI is InChI=1S/C12H21NO2S2/c1-3-4-5-10(6-8-15-2)11(14)13-7-9-17-12(13)16/h10H,3-9H2,1-2H3. The normalized spacial score (nSPS) is 17.5. The Bertz CT molecular complexity index is 263. The predicted molar refractivity (Wildman–Crippen MR) is 76.3 cm³/mol. The van der Waals surface area contributed by atoms with E-state index in [2.05, 4.69) is 6.92 Å². The Balaban J connectivity index is 2.54. The second-order valence-electron chi connectivity index (χ2n) is 4.22. The molecule has 0 saturated carbocycles. The van der Waals surface area contributed by atoms with Gasteiger partial charge in [0.2, 0.25) is 5.91 Å². The topological polar surface area (TPSA) is 29.5 Å². The molecular weight excluding hydrogens is 254 g/mol. The molecule has 3 nitrogen and oxygen atoms in total. The maximum atomic E-state index is 12.3. The number of thiocarbonyl (C=S) groups is 1. The smallest absolute Gasteiger partial charge is 0.231 e. The van der Waals surface area contributed by atoms with Crippen molar-refractivity contribution in [2.24, 2.45) is 5.92 Å². The van der Waals surface area contributed by atoms with Crippen LogP contribution < -0.4 is 0 Å². The maximum Gasteiger partial charge on any atom is 0.231 e. The molecule has 0 aromatic heterocycles. The molecule has 0 aliphatic carbocycles. The van der Waals surface area contributed by atoms with Crippen molar-refractivity contribution in [2.45, 2.75) is 32.6 Å². The number of thioether (sulfide) groups is 1. The van der Waals surface area contributed by atoms with Crippen LogP contribution in [0.4, 0.5) is 0 Å². The third-order valence-electron chi connectivity index (χ3n) is 2.95. The minimum Gasteiger partial charge on any atom is -0.385 e. The lowest BCUT2D eigenvalue weighted by molar-refractivity contribution is -0.131. The van der Waals surface area contributed by atoms with Gasteiger partial charge >= 0.3 is 0 Å². The summed E-state index contributed by atoms with van der Waals surface area (Å²) in [7, 11) is 1.68. The lowest BCUT2D eigenvalue weighted by atomic mass is 9.97. The summed E-state index contributed by atoms with van der Waals surface area (Å²) in [5, 5.41) is 0. The summed E-state index contributed by atoms with van der Waals surface area (Å²) in [6.07, 6.45) is 3.96. The summed E-state index contributed by atoms with van der Waals surface area (Å²) < 4.78 is 5.83. The molecule has 98 valence electrons. The van der Waals surface area contributed by atoms with E-state index in [1.165, 1.54) is 0 Å². The van der Waals surface area contributed by atoms with Gasteiger partial charge in [0.15, 0.2) is 0 Å². The van der Waals surface area contributed by atoms with Crippen LogP contribution in [0.15, 0.2) is 0 Å². The van der Waals surface area contributed by atoms with Gasteiger partial charge < -0.3 is 4.74 Å². The molecule has 5 heteroatoms. The molecule has 0 aromatic carbocycles. The van der Waals surface area contributed by atoms with E-state index >= 15 is 0 Å². The highest BCUT2D eigenvalue weighted by Crippen LogP contribution is 2.23. The molecule has 1 aliphatic heterocycles. The Labute approximate surface area is 113 Å². The number of nitrogens with zero attached hydrogens (tertiary/aromatic N) is 1. The molecule has 0 bridgehead atoms. The van der Waals surface area contributed by atoms with Gasteiger partial charge in [-0.05, 0) is 12.8 Å². The molecule has 1 atom stereocenters. The van der Waals surface area contributed by atoms with E-state index in [0.29, 0.717) is 6.61 Å². The van der Waals surface area contributed by atoms with Crippen molar-refractivity contribution in [1.29, 1.82) is 0 Å². The highest BCUT2D eigenvalue weighted by atomic mass is 32.2. The molecule has 1 heterocycles. The van der Waals surface area contributed by atoms with E-state index in [1.807, 2.05) is 0 Å². The van der Waals surface area contributed by atoms with E-state index in [-0.39, 0.29) is 11.8 Å². The Morgan fingerprint density at radius 1 is 1.59 bits per heavy atom. The highest BCUT2D eigenvalue weighted by Gasteiger charge is 2.29. The number of carbonyl (C=O) groups is 1. The fraction of sp³-hybridized carbons (Fsp3) is 0.833. The molecule has 0 N–H and O–H groups in total. The van der Waals surface area contributed by atoms with Crippen molar-refractivity contribution in [1.82, 2.24) is 4.90 Å². The first kappa shape index (κ1) is 14.9. The van der Waals surface area contributed by atoms with Crippen LogP contribution in [0.5, 0.6) is 0 Å². The molecule has 0 aromatic rings. The van der Waals surface area contributed by atoms with Crippen LogP contribution in [-0.4, -0.2) is 41.1 Å². The molecule has 0 spiro atoms. The second kappa shape index (κ2) is 8.06. The van der Waals surface area contributed by atoms with Gasteiger partial charge in [-0.2, -0.15) is 0 Å². The lowest BCUT2D eigenvalue weighted by Crippen LogP contribution is -2.36. The van der Waals surface area contributed by atoms with Gasteiger partial charge in [-0.3, -0.25) is 9.69 Å². The first-order chi connectivity index (χ1) is 8.20. The van der Waals surface area contributed by atoms with Crippen LogP contribution in [0.2, 0.25) is 0 Å². The fourth-order valence-corrected chi connectivity index (χ4v) is 3.13. The van der Waals surface area contributed by atoms with Crippen LogP contribution >= 0.6 is 24.0 Å². The molecule has 1 fully saturated rings. The zero-order valence-electron chi connectivity index (χ0n) is 10.6. The van der Waals surface area contributed by atoms with Crippen molar-refractivity contribution in [3.8, 4) is 0 Å². The zero-order valence-corrected chi connectivity index (χ0v) is 12.2. The quantitative estimate of drug-likeness (QED) is 0.668. The molecule has 0 radical (unpaired) electrons. The molecule has 1 rings (SSSR count). The minimum absolute atomic E-state index is 0.0755. The molecule has 1 unspecified atom stereocenters. The van der Waals surface area contributed by atoms with Crippen molar-refractivity contribution in [2.75, 3.05) is 26.0 Å². The molecule has 1 aliphatic rings.